The van der Waals surface area contributed by atoms with E-state index in [1.54, 1.807) is 0 Å². The molecule has 1 rings (SSSR count). The average Bonchev–Trinajstić information content (AvgIpc) is 1.83. The van der Waals surface area contributed by atoms with Gasteiger partial charge >= 0.3 is 0 Å². The zero-order valence-electron chi connectivity index (χ0n) is 5.69. The first kappa shape index (κ1) is 9.73. The van der Waals surface area contributed by atoms with Crippen molar-refractivity contribution in [3.63, 3.8) is 0 Å². The molecule has 3 nitrogen and oxygen atoms in total. The minimum atomic E-state index is -4.23. The van der Waals surface area contributed by atoms with E-state index in [1.165, 1.54) is 18.2 Å². The molecule has 0 atom stereocenters. The largest absolute Gasteiger partial charge is 0.296 e. The van der Waals surface area contributed by atoms with E-state index in [4.69, 9.17) is 28.8 Å². The van der Waals surface area contributed by atoms with Gasteiger partial charge in [-0.25, -0.2) is 0 Å². The maximum Gasteiger partial charge on any atom is 0.296 e. The Morgan fingerprint density at radius 1 is 1.42 bits per heavy atom. The minimum absolute atomic E-state index is 0.0648. The van der Waals surface area contributed by atoms with Crippen LogP contribution in [-0.2, 0) is 10.1 Å². The van der Waals surface area contributed by atoms with E-state index in [0.717, 1.165) is 0 Å². The quantitative estimate of drug-likeness (QED) is 0.743. The summed E-state index contributed by atoms with van der Waals surface area (Å²) in [5.41, 5.74) is 0. The Balaban J connectivity index is 3.39. The molecule has 0 aliphatic carbocycles. The van der Waals surface area contributed by atoms with Gasteiger partial charge < -0.3 is 0 Å². The highest BCUT2D eigenvalue weighted by molar-refractivity contribution is 7.86. The van der Waals surface area contributed by atoms with E-state index in [-0.39, 0.29) is 9.92 Å². The van der Waals surface area contributed by atoms with Crippen LogP contribution >= 0.6 is 24.2 Å². The summed E-state index contributed by atoms with van der Waals surface area (Å²) in [6, 6.07) is 3.84. The number of hydrogen-bond donors (Lipinski definition) is 1. The lowest BCUT2D eigenvalue weighted by molar-refractivity contribution is 0.483. The molecule has 1 aromatic rings. The van der Waals surface area contributed by atoms with Crippen molar-refractivity contribution in [1.82, 2.24) is 0 Å². The molecular weight excluding hydrogens is 220 g/mol. The van der Waals surface area contributed by atoms with Gasteiger partial charge in [-0.2, -0.15) is 8.42 Å². The molecule has 0 saturated carbocycles. The van der Waals surface area contributed by atoms with Gasteiger partial charge in [0.15, 0.2) is 0 Å². The SMILES string of the molecule is O=S(=O)(O)c1ccc([S])cc1Cl. The van der Waals surface area contributed by atoms with Gasteiger partial charge in [0.05, 0.1) is 5.02 Å². The number of halogens is 1. The highest BCUT2D eigenvalue weighted by atomic mass is 35.5. The third-order valence-electron chi connectivity index (χ3n) is 1.18. The predicted octanol–water partition coefficient (Wildman–Crippen LogP) is 2.14. The highest BCUT2D eigenvalue weighted by Gasteiger charge is 2.13. The summed E-state index contributed by atoms with van der Waals surface area (Å²) in [5.74, 6) is 0. The molecule has 0 aromatic heterocycles. The molecule has 1 aromatic carbocycles. The molecule has 12 heavy (non-hydrogen) atoms. The van der Waals surface area contributed by atoms with E-state index in [1.807, 2.05) is 0 Å². The topological polar surface area (TPSA) is 54.4 Å². The molecule has 0 fully saturated rings. The maximum atomic E-state index is 10.6. The molecule has 0 aliphatic rings. The third kappa shape index (κ3) is 2.07. The van der Waals surface area contributed by atoms with E-state index in [0.29, 0.717) is 4.90 Å². The summed E-state index contributed by atoms with van der Waals surface area (Å²) in [6.07, 6.45) is 0. The second kappa shape index (κ2) is 3.18. The van der Waals surface area contributed by atoms with Crippen LogP contribution in [0.25, 0.3) is 0 Å². The Kier molecular flexibility index (Phi) is 2.58. The van der Waals surface area contributed by atoms with Crippen molar-refractivity contribution in [3.8, 4) is 0 Å². The first-order valence-electron chi connectivity index (χ1n) is 2.85. The van der Waals surface area contributed by atoms with Crippen molar-refractivity contribution in [2.45, 2.75) is 9.79 Å². The highest BCUT2D eigenvalue weighted by Crippen LogP contribution is 2.23. The van der Waals surface area contributed by atoms with Crippen LogP contribution in [0.3, 0.4) is 0 Å². The molecular formula is C6H4ClO3S2. The summed E-state index contributed by atoms with van der Waals surface area (Å²) in [6.45, 7) is 0. The van der Waals surface area contributed by atoms with Crippen LogP contribution in [0, 0.1) is 0 Å². The fraction of sp³-hybridized carbons (Fsp3) is 0. The van der Waals surface area contributed by atoms with Gasteiger partial charge in [0.25, 0.3) is 10.1 Å². The normalized spacial score (nSPS) is 11.5. The molecule has 0 heterocycles. The molecule has 65 valence electrons. The first-order chi connectivity index (χ1) is 5.41. The summed E-state index contributed by atoms with van der Waals surface area (Å²) in [5, 5.41) is -0.0648. The second-order valence-electron chi connectivity index (χ2n) is 2.07. The van der Waals surface area contributed by atoms with Gasteiger partial charge in [-0.1, -0.05) is 24.2 Å². The van der Waals surface area contributed by atoms with Crippen LogP contribution in [0.2, 0.25) is 5.02 Å². The van der Waals surface area contributed by atoms with Gasteiger partial charge in [0.2, 0.25) is 0 Å². The van der Waals surface area contributed by atoms with Gasteiger partial charge in [-0.15, -0.1) is 0 Å². The second-order valence-corrected chi connectivity index (χ2v) is 4.34. The molecule has 6 heteroatoms. The predicted molar refractivity (Wildman–Crippen MR) is 47.1 cm³/mol. The van der Waals surface area contributed by atoms with Crippen molar-refractivity contribution >= 4 is 34.3 Å². The molecule has 0 spiro atoms. The number of benzene rings is 1. The van der Waals surface area contributed by atoms with E-state index in [2.05, 4.69) is 0 Å². The van der Waals surface area contributed by atoms with Crippen molar-refractivity contribution in [3.05, 3.63) is 23.2 Å². The van der Waals surface area contributed by atoms with Crippen molar-refractivity contribution in [2.24, 2.45) is 0 Å². The standard InChI is InChI=1S/C6H4ClO3S2/c7-5-3-4(11)1-2-6(5)12(8,9)10/h1-3H,(H,8,9,10). The first-order valence-corrected chi connectivity index (χ1v) is 5.08. The molecule has 0 unspecified atom stereocenters. The minimum Gasteiger partial charge on any atom is -0.282 e. The smallest absolute Gasteiger partial charge is 0.282 e. The van der Waals surface area contributed by atoms with Gasteiger partial charge in [-0.3, -0.25) is 4.55 Å². The number of rotatable bonds is 1. The Bertz CT molecular complexity index is 399. The number of hydrogen-bond acceptors (Lipinski definition) is 2. The van der Waals surface area contributed by atoms with Crippen LogP contribution in [0.15, 0.2) is 28.0 Å². The Hall–Kier alpha value is -0.360. The van der Waals surface area contributed by atoms with Crippen molar-refractivity contribution in [1.29, 1.82) is 0 Å². The molecule has 1 N–H and O–H groups in total. The fourth-order valence-corrected chi connectivity index (χ4v) is 1.96. The van der Waals surface area contributed by atoms with Crippen LogP contribution in [0.4, 0.5) is 0 Å². The zero-order valence-corrected chi connectivity index (χ0v) is 8.08. The molecule has 0 aliphatic heterocycles. The zero-order chi connectivity index (χ0) is 9.35. The summed E-state index contributed by atoms with van der Waals surface area (Å²) in [4.78, 5) is 0.102. The lowest BCUT2D eigenvalue weighted by atomic mass is 10.4. The summed E-state index contributed by atoms with van der Waals surface area (Å²) >= 11 is 10.2. The Labute approximate surface area is 80.5 Å². The van der Waals surface area contributed by atoms with Crippen LogP contribution in [-0.4, -0.2) is 13.0 Å². The lowest BCUT2D eigenvalue weighted by Gasteiger charge is -1.99. The molecule has 0 amide bonds. The monoisotopic (exact) mass is 223 g/mol. The average molecular weight is 224 g/mol. The third-order valence-corrected chi connectivity index (χ3v) is 2.77. The van der Waals surface area contributed by atoms with E-state index >= 15 is 0 Å². The van der Waals surface area contributed by atoms with Crippen LogP contribution < -0.4 is 0 Å². The van der Waals surface area contributed by atoms with Gasteiger partial charge in [0.1, 0.15) is 4.90 Å². The molecule has 0 saturated heterocycles. The molecule has 1 radical (unpaired) electrons. The van der Waals surface area contributed by atoms with Crippen LogP contribution in [0.1, 0.15) is 0 Å². The van der Waals surface area contributed by atoms with Crippen molar-refractivity contribution < 1.29 is 13.0 Å². The fourth-order valence-electron chi connectivity index (χ4n) is 0.691. The Morgan fingerprint density at radius 3 is 2.42 bits per heavy atom. The summed E-state index contributed by atoms with van der Waals surface area (Å²) < 4.78 is 29.8. The van der Waals surface area contributed by atoms with E-state index in [9.17, 15) is 8.42 Å². The van der Waals surface area contributed by atoms with Gasteiger partial charge in [-0.05, 0) is 18.2 Å². The lowest BCUT2D eigenvalue weighted by Crippen LogP contribution is -1.98. The molecule has 0 bridgehead atoms. The van der Waals surface area contributed by atoms with E-state index < -0.39 is 10.1 Å². The maximum absolute atomic E-state index is 10.6. The Morgan fingerprint density at radius 2 is 2.00 bits per heavy atom. The summed E-state index contributed by atoms with van der Waals surface area (Å²) in [7, 11) is -4.23. The van der Waals surface area contributed by atoms with Crippen molar-refractivity contribution in [2.75, 3.05) is 0 Å². The van der Waals surface area contributed by atoms with Gasteiger partial charge in [0, 0.05) is 4.90 Å². The van der Waals surface area contributed by atoms with Crippen LogP contribution in [0.5, 0.6) is 0 Å².